The van der Waals surface area contributed by atoms with Crippen LogP contribution in [0.15, 0.2) is 53.0 Å². The maximum Gasteiger partial charge on any atom is 0.101 e. The molecule has 2 aromatic carbocycles. The molecule has 2 rings (SSSR count). The van der Waals surface area contributed by atoms with E-state index in [-0.39, 0.29) is 0 Å². The molecule has 0 spiro atoms. The second kappa shape index (κ2) is 6.25. The van der Waals surface area contributed by atoms with Gasteiger partial charge in [-0.1, -0.05) is 75.5 Å². The van der Waals surface area contributed by atoms with Crippen LogP contribution in [-0.4, -0.2) is 0 Å². The second-order valence-electron chi connectivity index (χ2n) is 3.79. The lowest BCUT2D eigenvalue weighted by Crippen LogP contribution is -1.87. The normalized spacial score (nSPS) is 11.7. The molecule has 19 heavy (non-hydrogen) atoms. The highest BCUT2D eigenvalue weighted by molar-refractivity contribution is 9.10. The molecule has 1 nitrogen and oxygen atoms in total. The molecule has 94 valence electrons. The van der Waals surface area contributed by atoms with E-state index in [4.69, 9.17) is 23.2 Å². The van der Waals surface area contributed by atoms with Gasteiger partial charge in [0.1, 0.15) is 6.07 Å². The van der Waals surface area contributed by atoms with Gasteiger partial charge in [0, 0.05) is 10.0 Å². The van der Waals surface area contributed by atoms with E-state index in [9.17, 15) is 5.26 Å². The van der Waals surface area contributed by atoms with Crippen LogP contribution in [0.3, 0.4) is 0 Å². The van der Waals surface area contributed by atoms with Crippen molar-refractivity contribution in [2.45, 2.75) is 0 Å². The Balaban J connectivity index is 2.59. The molecule has 0 saturated carbocycles. The van der Waals surface area contributed by atoms with Crippen LogP contribution in [0.25, 0.3) is 10.6 Å². The number of allylic oxidation sites excluding steroid dienone is 1. The lowest BCUT2D eigenvalue weighted by atomic mass is 10.0. The van der Waals surface area contributed by atoms with E-state index in [1.807, 2.05) is 36.4 Å². The van der Waals surface area contributed by atoms with Gasteiger partial charge in [-0.05, 0) is 17.7 Å². The summed E-state index contributed by atoms with van der Waals surface area (Å²) in [6.07, 6.45) is 0. The first-order chi connectivity index (χ1) is 9.13. The highest BCUT2D eigenvalue weighted by Crippen LogP contribution is 2.34. The molecule has 0 N–H and O–H groups in total. The first kappa shape index (κ1) is 14.1. The van der Waals surface area contributed by atoms with E-state index < -0.39 is 0 Å². The molecule has 0 saturated heterocycles. The summed E-state index contributed by atoms with van der Waals surface area (Å²) in [4.78, 5) is 0. The van der Waals surface area contributed by atoms with Crippen LogP contribution in [0.2, 0.25) is 5.02 Å². The molecule has 0 aliphatic rings. The molecule has 0 amide bonds. The van der Waals surface area contributed by atoms with Gasteiger partial charge in [-0.2, -0.15) is 5.26 Å². The van der Waals surface area contributed by atoms with Gasteiger partial charge in [0.15, 0.2) is 0 Å². The Morgan fingerprint density at radius 1 is 1.11 bits per heavy atom. The SMILES string of the molecule is N#C/C(=C(/Cl)c1ccc(Br)cc1Cl)c1ccccc1. The van der Waals surface area contributed by atoms with Gasteiger partial charge in [0.25, 0.3) is 0 Å². The molecule has 0 atom stereocenters. The fourth-order valence-electron chi connectivity index (χ4n) is 1.65. The highest BCUT2D eigenvalue weighted by atomic mass is 79.9. The summed E-state index contributed by atoms with van der Waals surface area (Å²) in [6.45, 7) is 0. The van der Waals surface area contributed by atoms with E-state index in [1.54, 1.807) is 12.1 Å². The minimum Gasteiger partial charge on any atom is -0.192 e. The zero-order chi connectivity index (χ0) is 13.8. The monoisotopic (exact) mass is 351 g/mol. The predicted octanol–water partition coefficient (Wildman–Crippen LogP) is 5.73. The minimum absolute atomic E-state index is 0.353. The van der Waals surface area contributed by atoms with Crippen molar-refractivity contribution >= 4 is 49.7 Å². The molecule has 4 heteroatoms. The molecule has 0 heterocycles. The largest absolute Gasteiger partial charge is 0.192 e. The van der Waals surface area contributed by atoms with Crippen LogP contribution in [0.4, 0.5) is 0 Å². The number of nitrogens with zero attached hydrogens (tertiary/aromatic N) is 1. The zero-order valence-corrected chi connectivity index (χ0v) is 12.8. The van der Waals surface area contributed by atoms with Crippen LogP contribution in [0, 0.1) is 11.3 Å². The Labute approximate surface area is 130 Å². The zero-order valence-electron chi connectivity index (χ0n) is 9.70. The van der Waals surface area contributed by atoms with E-state index in [2.05, 4.69) is 22.0 Å². The van der Waals surface area contributed by atoms with Gasteiger partial charge >= 0.3 is 0 Å². The molecule has 0 aromatic heterocycles. The Kier molecular flexibility index (Phi) is 4.66. The maximum atomic E-state index is 9.31. The topological polar surface area (TPSA) is 23.8 Å². The van der Waals surface area contributed by atoms with Gasteiger partial charge < -0.3 is 0 Å². The Hall–Kier alpha value is -1.27. The first-order valence-electron chi connectivity index (χ1n) is 5.44. The third-order valence-corrected chi connectivity index (χ3v) is 3.76. The number of hydrogen-bond acceptors (Lipinski definition) is 1. The number of hydrogen-bond donors (Lipinski definition) is 0. The van der Waals surface area contributed by atoms with Gasteiger partial charge in [-0.3, -0.25) is 0 Å². The van der Waals surface area contributed by atoms with Crippen molar-refractivity contribution in [3.05, 3.63) is 69.2 Å². The van der Waals surface area contributed by atoms with E-state index in [1.165, 1.54) is 0 Å². The lowest BCUT2D eigenvalue weighted by Gasteiger charge is -2.07. The molecule has 0 unspecified atom stereocenters. The standard InChI is InChI=1S/C15H8BrCl2N/c16-11-6-7-12(14(17)8-11)15(18)13(9-19)10-4-2-1-3-5-10/h1-8H/b15-13-. The first-order valence-corrected chi connectivity index (χ1v) is 6.99. The summed E-state index contributed by atoms with van der Waals surface area (Å²) in [5.74, 6) is 0. The van der Waals surface area contributed by atoms with Gasteiger partial charge in [-0.25, -0.2) is 0 Å². The van der Waals surface area contributed by atoms with Crippen molar-refractivity contribution in [3.8, 4) is 6.07 Å². The van der Waals surface area contributed by atoms with Crippen LogP contribution >= 0.6 is 39.1 Å². The number of nitriles is 1. The van der Waals surface area contributed by atoms with Crippen molar-refractivity contribution in [2.75, 3.05) is 0 Å². The second-order valence-corrected chi connectivity index (χ2v) is 5.49. The fourth-order valence-corrected chi connectivity index (χ4v) is 2.78. The van der Waals surface area contributed by atoms with Gasteiger partial charge in [0.05, 0.1) is 15.6 Å². The molecule has 0 fully saturated rings. The van der Waals surface area contributed by atoms with E-state index >= 15 is 0 Å². The Bertz CT molecular complexity index is 672. The summed E-state index contributed by atoms with van der Waals surface area (Å²) in [5.41, 5.74) is 1.83. The van der Waals surface area contributed by atoms with Crippen LogP contribution in [0.5, 0.6) is 0 Å². The van der Waals surface area contributed by atoms with Crippen LogP contribution < -0.4 is 0 Å². The van der Waals surface area contributed by atoms with E-state index in [0.717, 1.165) is 10.0 Å². The number of rotatable bonds is 2. The van der Waals surface area contributed by atoms with Crippen molar-refractivity contribution in [1.82, 2.24) is 0 Å². The molecular weight excluding hydrogens is 345 g/mol. The van der Waals surface area contributed by atoms with Crippen molar-refractivity contribution in [3.63, 3.8) is 0 Å². The highest BCUT2D eigenvalue weighted by Gasteiger charge is 2.12. The summed E-state index contributed by atoms with van der Waals surface area (Å²) >= 11 is 15.8. The summed E-state index contributed by atoms with van der Waals surface area (Å²) in [6, 6.07) is 16.8. The summed E-state index contributed by atoms with van der Waals surface area (Å²) in [7, 11) is 0. The minimum atomic E-state index is 0.353. The predicted molar refractivity (Wildman–Crippen MR) is 83.9 cm³/mol. The fraction of sp³-hybridized carbons (Fsp3) is 0. The molecule has 2 aromatic rings. The smallest absolute Gasteiger partial charge is 0.101 e. The number of benzene rings is 2. The van der Waals surface area contributed by atoms with Crippen molar-refractivity contribution < 1.29 is 0 Å². The molecule has 0 radical (unpaired) electrons. The lowest BCUT2D eigenvalue weighted by molar-refractivity contribution is 1.52. The molecule has 0 aliphatic heterocycles. The average molecular weight is 353 g/mol. The van der Waals surface area contributed by atoms with Crippen LogP contribution in [-0.2, 0) is 0 Å². The number of halogens is 3. The maximum absolute atomic E-state index is 9.31. The third kappa shape index (κ3) is 3.19. The quantitative estimate of drug-likeness (QED) is 0.499. The van der Waals surface area contributed by atoms with Crippen LogP contribution in [0.1, 0.15) is 11.1 Å². The van der Waals surface area contributed by atoms with Gasteiger partial charge in [0.2, 0.25) is 0 Å². The molecule has 0 bridgehead atoms. The summed E-state index contributed by atoms with van der Waals surface area (Å²) < 4.78 is 0.865. The molecule has 0 aliphatic carbocycles. The Morgan fingerprint density at radius 3 is 2.37 bits per heavy atom. The third-order valence-electron chi connectivity index (χ3n) is 2.56. The average Bonchev–Trinajstić information content (AvgIpc) is 2.40. The molecular formula is C15H8BrCl2N. The Morgan fingerprint density at radius 2 is 1.79 bits per heavy atom. The van der Waals surface area contributed by atoms with Crippen molar-refractivity contribution in [1.29, 1.82) is 5.26 Å². The summed E-state index contributed by atoms with van der Waals surface area (Å²) in [5, 5.41) is 10.2. The van der Waals surface area contributed by atoms with E-state index in [0.29, 0.717) is 21.2 Å². The van der Waals surface area contributed by atoms with Crippen molar-refractivity contribution in [2.24, 2.45) is 0 Å². The van der Waals surface area contributed by atoms with Gasteiger partial charge in [-0.15, -0.1) is 0 Å².